The van der Waals surface area contributed by atoms with Crippen LogP contribution in [0.1, 0.15) is 6.92 Å². The molecule has 5 rings (SSSR count). The first-order valence-electron chi connectivity index (χ1n) is 13.3. The van der Waals surface area contributed by atoms with E-state index in [4.69, 9.17) is 9.47 Å². The van der Waals surface area contributed by atoms with E-state index in [-0.39, 0.29) is 41.8 Å². The lowest BCUT2D eigenvalue weighted by Gasteiger charge is -2.39. The third-order valence-corrected chi connectivity index (χ3v) is 8.37. The van der Waals surface area contributed by atoms with Gasteiger partial charge in [-0.3, -0.25) is 9.59 Å². The SMILES string of the molecule is CC(NC(=O)COc1ccccc1)C1SCC(COc2ccccc2-c2nc3ccccc3c(=O)[nH]2)=C(C(=O)O)N1C. The van der Waals surface area contributed by atoms with E-state index in [0.29, 0.717) is 45.1 Å². The largest absolute Gasteiger partial charge is 0.488 e. The van der Waals surface area contributed by atoms with Gasteiger partial charge < -0.3 is 29.8 Å². The maximum absolute atomic E-state index is 12.6. The van der Waals surface area contributed by atoms with Crippen molar-refractivity contribution in [2.75, 3.05) is 26.0 Å². The molecule has 4 aromatic rings. The zero-order valence-corrected chi connectivity index (χ0v) is 23.9. The number of carboxylic acids is 1. The number of nitrogens with one attached hydrogen (secondary N) is 2. The highest BCUT2D eigenvalue weighted by Crippen LogP contribution is 2.33. The van der Waals surface area contributed by atoms with Gasteiger partial charge in [-0.25, -0.2) is 9.78 Å². The van der Waals surface area contributed by atoms with Crippen LogP contribution < -0.4 is 20.3 Å². The number of hydrogen-bond acceptors (Lipinski definition) is 8. The Bertz CT molecular complexity index is 1690. The van der Waals surface area contributed by atoms with Gasteiger partial charge in [-0.1, -0.05) is 42.5 Å². The summed E-state index contributed by atoms with van der Waals surface area (Å²) < 4.78 is 11.7. The number of carbonyl (C=O) groups is 2. The molecule has 0 radical (unpaired) electrons. The lowest BCUT2D eigenvalue weighted by molar-refractivity contribution is -0.134. The molecule has 1 aliphatic rings. The Morgan fingerprint density at radius 3 is 2.57 bits per heavy atom. The summed E-state index contributed by atoms with van der Waals surface area (Å²) in [5.41, 5.74) is 1.60. The minimum Gasteiger partial charge on any atom is -0.488 e. The summed E-state index contributed by atoms with van der Waals surface area (Å²) in [5.74, 6) is 0.424. The number of hydrogen-bond donors (Lipinski definition) is 3. The molecule has 0 saturated heterocycles. The van der Waals surface area contributed by atoms with Crippen molar-refractivity contribution in [1.82, 2.24) is 20.2 Å². The molecule has 0 spiro atoms. The maximum atomic E-state index is 12.6. The summed E-state index contributed by atoms with van der Waals surface area (Å²) >= 11 is 1.51. The number of amides is 1. The first-order chi connectivity index (χ1) is 20.3. The Balaban J connectivity index is 1.29. The molecule has 0 fully saturated rings. The summed E-state index contributed by atoms with van der Waals surface area (Å²) in [7, 11) is 1.70. The lowest BCUT2D eigenvalue weighted by atomic mass is 10.1. The Hall–Kier alpha value is -4.77. The van der Waals surface area contributed by atoms with Gasteiger partial charge >= 0.3 is 5.97 Å². The van der Waals surface area contributed by atoms with Crippen molar-refractivity contribution >= 4 is 34.5 Å². The molecule has 0 aliphatic carbocycles. The predicted octanol–water partition coefficient (Wildman–Crippen LogP) is 3.90. The number of carboxylic acid groups (broad SMARTS) is 1. The highest BCUT2D eigenvalue weighted by atomic mass is 32.2. The van der Waals surface area contributed by atoms with Crippen LogP contribution in [0, 0.1) is 0 Å². The minimum atomic E-state index is -1.08. The van der Waals surface area contributed by atoms with Gasteiger partial charge in [0.15, 0.2) is 6.61 Å². The predicted molar refractivity (Wildman–Crippen MR) is 162 cm³/mol. The van der Waals surface area contributed by atoms with E-state index in [0.717, 1.165) is 0 Å². The van der Waals surface area contributed by atoms with Crippen molar-refractivity contribution in [3.05, 3.63) is 100 Å². The fraction of sp³-hybridized carbons (Fsp3) is 0.226. The number of H-pyrrole nitrogens is 1. The standard InChI is InChI=1S/C31H30N4O6S/c1-19(32-26(36)17-40-21-10-4-3-5-11-21)30-35(2)27(31(38)39)20(18-42-30)16-41-25-15-9-7-13-23(25)28-33-24-14-8-6-12-22(24)29(37)34-28/h3-15,19,30H,16-18H2,1-2H3,(H,32,36)(H,38,39)(H,33,34,37). The highest BCUT2D eigenvalue weighted by molar-refractivity contribution is 8.00. The number of carbonyl (C=O) groups excluding carboxylic acids is 1. The summed E-state index contributed by atoms with van der Waals surface area (Å²) in [4.78, 5) is 46.6. The summed E-state index contributed by atoms with van der Waals surface area (Å²) in [6.07, 6.45) is 0. The molecular weight excluding hydrogens is 556 g/mol. The third-order valence-electron chi connectivity index (χ3n) is 6.79. The zero-order chi connectivity index (χ0) is 29.6. The summed E-state index contributed by atoms with van der Waals surface area (Å²) in [6, 6.07) is 22.9. The highest BCUT2D eigenvalue weighted by Gasteiger charge is 2.34. The number of aromatic nitrogens is 2. The molecule has 3 N–H and O–H groups in total. The second-order valence-corrected chi connectivity index (χ2v) is 10.8. The van der Waals surface area contributed by atoms with Crippen LogP contribution in [0.5, 0.6) is 11.5 Å². The minimum absolute atomic E-state index is 0.0200. The third kappa shape index (κ3) is 6.41. The molecule has 0 saturated carbocycles. The molecule has 2 atom stereocenters. The van der Waals surface area contributed by atoms with Gasteiger partial charge in [0.2, 0.25) is 0 Å². The van der Waals surface area contributed by atoms with E-state index in [1.165, 1.54) is 11.8 Å². The molecule has 2 unspecified atom stereocenters. The Morgan fingerprint density at radius 1 is 1.07 bits per heavy atom. The monoisotopic (exact) mass is 586 g/mol. The average Bonchev–Trinajstić information content (AvgIpc) is 2.99. The first kappa shape index (κ1) is 28.7. The van der Waals surface area contributed by atoms with Crippen LogP contribution in [0.3, 0.4) is 0 Å². The van der Waals surface area contributed by atoms with Crippen LogP contribution in [0.2, 0.25) is 0 Å². The van der Waals surface area contributed by atoms with Gasteiger partial charge in [0.1, 0.15) is 29.6 Å². The van der Waals surface area contributed by atoms with E-state index < -0.39 is 5.97 Å². The molecule has 1 amide bonds. The number of benzene rings is 3. The fourth-order valence-electron chi connectivity index (χ4n) is 4.83. The fourth-order valence-corrected chi connectivity index (χ4v) is 6.11. The molecule has 1 aromatic heterocycles. The molecule has 2 heterocycles. The molecule has 1 aliphatic heterocycles. The van der Waals surface area contributed by atoms with Gasteiger partial charge in [-0.15, -0.1) is 11.8 Å². The molecular formula is C31H30N4O6S. The van der Waals surface area contributed by atoms with Gasteiger partial charge in [0.05, 0.1) is 27.9 Å². The van der Waals surface area contributed by atoms with E-state index in [2.05, 4.69) is 15.3 Å². The van der Waals surface area contributed by atoms with Crippen molar-refractivity contribution in [2.45, 2.75) is 18.3 Å². The number of aliphatic carboxylic acids is 1. The van der Waals surface area contributed by atoms with Crippen LogP contribution in [0.25, 0.3) is 22.3 Å². The number of nitrogens with zero attached hydrogens (tertiary/aromatic N) is 2. The maximum Gasteiger partial charge on any atom is 0.352 e. The molecule has 10 nitrogen and oxygen atoms in total. The van der Waals surface area contributed by atoms with Crippen molar-refractivity contribution in [1.29, 1.82) is 0 Å². The number of thioether (sulfide) groups is 1. The molecule has 216 valence electrons. The van der Waals surface area contributed by atoms with Crippen molar-refractivity contribution < 1.29 is 24.2 Å². The molecule has 3 aromatic carbocycles. The number of para-hydroxylation sites is 3. The van der Waals surface area contributed by atoms with Crippen molar-refractivity contribution in [2.24, 2.45) is 0 Å². The number of likely N-dealkylation sites (N-methyl/N-ethyl adjacent to an activating group) is 1. The number of fused-ring (bicyclic) bond motifs is 1. The Morgan fingerprint density at radius 2 is 1.79 bits per heavy atom. The van der Waals surface area contributed by atoms with Gasteiger partial charge in [-0.05, 0) is 43.3 Å². The topological polar surface area (TPSA) is 134 Å². The van der Waals surface area contributed by atoms with Gasteiger partial charge in [0, 0.05) is 18.4 Å². The van der Waals surface area contributed by atoms with Gasteiger partial charge in [0.25, 0.3) is 11.5 Å². The van der Waals surface area contributed by atoms with Crippen molar-refractivity contribution in [3.8, 4) is 22.9 Å². The average molecular weight is 587 g/mol. The van der Waals surface area contributed by atoms with Crippen LogP contribution >= 0.6 is 11.8 Å². The van der Waals surface area contributed by atoms with Crippen LogP contribution in [-0.4, -0.2) is 69.3 Å². The van der Waals surface area contributed by atoms with E-state index in [1.54, 1.807) is 60.5 Å². The Labute approximate surface area is 246 Å². The number of aromatic amines is 1. The van der Waals surface area contributed by atoms with E-state index in [1.807, 2.05) is 37.3 Å². The zero-order valence-electron chi connectivity index (χ0n) is 23.1. The lowest BCUT2D eigenvalue weighted by Crippen LogP contribution is -2.51. The second kappa shape index (κ2) is 12.8. The molecule has 0 bridgehead atoms. The molecule has 11 heteroatoms. The normalized spacial score (nSPS) is 15.8. The summed E-state index contributed by atoms with van der Waals surface area (Å²) in [6.45, 7) is 1.71. The van der Waals surface area contributed by atoms with Crippen molar-refractivity contribution in [3.63, 3.8) is 0 Å². The Kier molecular flexibility index (Phi) is 8.77. The van der Waals surface area contributed by atoms with E-state index in [9.17, 15) is 19.5 Å². The molecule has 42 heavy (non-hydrogen) atoms. The summed E-state index contributed by atoms with van der Waals surface area (Å²) in [5, 5.41) is 13.2. The van der Waals surface area contributed by atoms with Crippen LogP contribution in [0.15, 0.2) is 94.9 Å². The smallest absolute Gasteiger partial charge is 0.352 e. The van der Waals surface area contributed by atoms with Crippen LogP contribution in [-0.2, 0) is 9.59 Å². The van der Waals surface area contributed by atoms with Gasteiger partial charge in [-0.2, -0.15) is 0 Å². The first-order valence-corrected chi connectivity index (χ1v) is 14.3. The second-order valence-electron chi connectivity index (χ2n) is 9.74. The van der Waals surface area contributed by atoms with E-state index >= 15 is 0 Å². The quantitative estimate of drug-likeness (QED) is 0.253. The number of ether oxygens (including phenoxy) is 2. The number of rotatable bonds is 10. The van der Waals surface area contributed by atoms with Crippen LogP contribution in [0.4, 0.5) is 0 Å².